The third kappa shape index (κ3) is 9.00. The molecule has 284 valence electrons. The van der Waals surface area contributed by atoms with Gasteiger partial charge in [0.15, 0.2) is 34.0 Å². The Kier molecular flexibility index (Phi) is 11.7. The van der Waals surface area contributed by atoms with Crippen LogP contribution in [0.1, 0.15) is 71.0 Å². The zero-order chi connectivity index (χ0) is 37.6. The van der Waals surface area contributed by atoms with Crippen LogP contribution >= 0.6 is 11.6 Å². The normalized spacial score (nSPS) is 17.4. The van der Waals surface area contributed by atoms with Gasteiger partial charge in [-0.1, -0.05) is 29.8 Å². The zero-order valence-electron chi connectivity index (χ0n) is 31.7. The van der Waals surface area contributed by atoms with Crippen LogP contribution in [0.3, 0.4) is 0 Å². The number of imidazole rings is 2. The van der Waals surface area contributed by atoms with Crippen LogP contribution in [0.25, 0.3) is 22.3 Å². The molecule has 0 spiro atoms. The number of halogens is 1. The van der Waals surface area contributed by atoms with Crippen molar-refractivity contribution in [3.05, 3.63) is 71.8 Å². The number of aryl methyl sites for hydroxylation is 1. The molecule has 0 unspecified atom stereocenters. The number of hydrogen-bond acceptors (Lipinski definition) is 12. The maximum Gasteiger partial charge on any atom is 0.227 e. The van der Waals surface area contributed by atoms with E-state index in [4.69, 9.17) is 31.5 Å². The van der Waals surface area contributed by atoms with E-state index >= 15 is 0 Å². The number of fused-ring (bicyclic) bond motifs is 2. The van der Waals surface area contributed by atoms with E-state index in [0.717, 1.165) is 91.4 Å². The smallest absolute Gasteiger partial charge is 0.227 e. The number of benzene rings is 2. The molecule has 0 saturated carbocycles. The Labute approximate surface area is 321 Å². The summed E-state index contributed by atoms with van der Waals surface area (Å²) in [5.74, 6) is 2.67. The van der Waals surface area contributed by atoms with Crippen molar-refractivity contribution in [3.8, 4) is 0 Å². The molecule has 2 saturated heterocycles. The van der Waals surface area contributed by atoms with E-state index in [2.05, 4.69) is 97.8 Å². The second kappa shape index (κ2) is 17.0. The minimum atomic E-state index is 0.258. The number of hydrogen-bond donors (Lipinski definition) is 6. The zero-order valence-corrected chi connectivity index (χ0v) is 32.5. The van der Waals surface area contributed by atoms with Gasteiger partial charge in [-0.05, 0) is 109 Å². The first-order valence-corrected chi connectivity index (χ1v) is 19.4. The third-order valence-corrected chi connectivity index (χ3v) is 9.82. The quantitative estimate of drug-likeness (QED) is 0.0816. The molecular formula is C39H51ClN14. The summed E-state index contributed by atoms with van der Waals surface area (Å²) >= 11 is 6.12. The summed E-state index contributed by atoms with van der Waals surface area (Å²) in [5.41, 5.74) is 6.27. The summed E-state index contributed by atoms with van der Waals surface area (Å²) in [6.07, 6.45) is 8.21. The Hall–Kier alpha value is -5.05. The summed E-state index contributed by atoms with van der Waals surface area (Å²) < 4.78 is 4.15. The predicted octanol–water partition coefficient (Wildman–Crippen LogP) is 7.59. The number of aromatic nitrogens is 8. The molecule has 6 N–H and O–H groups in total. The fraction of sp³-hybridized carbons (Fsp3) is 0.436. The summed E-state index contributed by atoms with van der Waals surface area (Å²) in [6.45, 7) is 14.6. The first kappa shape index (κ1) is 37.3. The second-order valence-corrected chi connectivity index (χ2v) is 15.1. The van der Waals surface area contributed by atoms with Gasteiger partial charge in [0.1, 0.15) is 0 Å². The number of nitrogens with one attached hydrogen (secondary N) is 6. The van der Waals surface area contributed by atoms with E-state index in [1.54, 1.807) is 0 Å². The van der Waals surface area contributed by atoms with Crippen molar-refractivity contribution in [3.63, 3.8) is 0 Å². The third-order valence-electron chi connectivity index (χ3n) is 9.58. The molecule has 0 aliphatic carbocycles. The lowest BCUT2D eigenvalue weighted by Gasteiger charge is -2.24. The van der Waals surface area contributed by atoms with Crippen molar-refractivity contribution in [2.75, 3.05) is 47.4 Å². The highest BCUT2D eigenvalue weighted by Crippen LogP contribution is 2.29. The van der Waals surface area contributed by atoms with Crippen LogP contribution in [-0.4, -0.2) is 77.3 Å². The van der Waals surface area contributed by atoms with Crippen LogP contribution < -0.4 is 31.9 Å². The number of anilines is 6. The molecule has 14 nitrogen and oxygen atoms in total. The van der Waals surface area contributed by atoms with E-state index < -0.39 is 0 Å². The summed E-state index contributed by atoms with van der Waals surface area (Å²) in [7, 11) is 0. The van der Waals surface area contributed by atoms with Crippen LogP contribution in [0.15, 0.2) is 61.2 Å². The Morgan fingerprint density at radius 1 is 0.685 bits per heavy atom. The molecular weight excluding hydrogens is 700 g/mol. The average molecular weight is 751 g/mol. The molecule has 8 rings (SSSR count). The number of rotatable bonds is 10. The lowest BCUT2D eigenvalue weighted by Crippen LogP contribution is -2.38. The largest absolute Gasteiger partial charge is 0.350 e. The van der Waals surface area contributed by atoms with Gasteiger partial charge in [-0.3, -0.25) is 0 Å². The van der Waals surface area contributed by atoms with Crippen LogP contribution in [-0.2, 0) is 0 Å². The minimum Gasteiger partial charge on any atom is -0.350 e. The Morgan fingerprint density at radius 3 is 1.63 bits per heavy atom. The van der Waals surface area contributed by atoms with Gasteiger partial charge in [0.25, 0.3) is 0 Å². The molecule has 6 heterocycles. The average Bonchev–Trinajstić information content (AvgIpc) is 3.79. The fourth-order valence-electron chi connectivity index (χ4n) is 6.77. The van der Waals surface area contributed by atoms with Crippen molar-refractivity contribution < 1.29 is 0 Å². The molecule has 2 aliphatic heterocycles. The molecule has 0 bridgehead atoms. The summed E-state index contributed by atoms with van der Waals surface area (Å²) in [6, 6.07) is 17.0. The van der Waals surface area contributed by atoms with Crippen molar-refractivity contribution >= 4 is 68.8 Å². The van der Waals surface area contributed by atoms with Gasteiger partial charge in [-0.15, -0.1) is 0 Å². The van der Waals surface area contributed by atoms with Crippen molar-refractivity contribution in [2.45, 2.75) is 84.5 Å². The minimum absolute atomic E-state index is 0.258. The second-order valence-electron chi connectivity index (χ2n) is 14.6. The molecule has 2 fully saturated rings. The number of piperidine rings is 2. The SMILES string of the molecule is CC(C)n1cnc2c(Nc3cccc(Cl)c3)nc(N[C@H]3CCCNC3)nc21.Cc1cccc(Nc2nc(N[C@@H]3CCCNC3)nc3c2ncn3C(C)C)c1. The Bertz CT molecular complexity index is 2010. The first-order chi connectivity index (χ1) is 26.2. The highest BCUT2D eigenvalue weighted by Gasteiger charge is 2.20. The van der Waals surface area contributed by atoms with E-state index in [1.807, 2.05) is 49.1 Å². The molecule has 0 radical (unpaired) electrons. The lowest BCUT2D eigenvalue weighted by molar-refractivity contribution is 0.478. The molecule has 0 amide bonds. The Balaban J connectivity index is 0.000000167. The number of nitrogens with zero attached hydrogens (tertiary/aromatic N) is 8. The maximum atomic E-state index is 6.12. The van der Waals surface area contributed by atoms with Gasteiger partial charge in [0.2, 0.25) is 11.9 Å². The van der Waals surface area contributed by atoms with Crippen molar-refractivity contribution in [1.29, 1.82) is 0 Å². The first-order valence-electron chi connectivity index (χ1n) is 19.0. The van der Waals surface area contributed by atoms with Gasteiger partial charge in [-0.25, -0.2) is 9.97 Å². The van der Waals surface area contributed by atoms with E-state index in [1.165, 1.54) is 5.56 Å². The predicted molar refractivity (Wildman–Crippen MR) is 220 cm³/mol. The fourth-order valence-corrected chi connectivity index (χ4v) is 6.96. The maximum absolute atomic E-state index is 6.12. The van der Waals surface area contributed by atoms with Crippen LogP contribution in [0.5, 0.6) is 0 Å². The molecule has 2 aliphatic rings. The molecule has 2 aromatic carbocycles. The van der Waals surface area contributed by atoms with Crippen LogP contribution in [0, 0.1) is 6.92 Å². The lowest BCUT2D eigenvalue weighted by atomic mass is 10.1. The van der Waals surface area contributed by atoms with Gasteiger partial charge < -0.3 is 41.0 Å². The van der Waals surface area contributed by atoms with E-state index in [-0.39, 0.29) is 12.1 Å². The standard InChI is InChI=1S/C20H27N7.C19H24ClN7/c1-13(2)27-12-22-17-18(23-15-7-4-6-14(3)10-15)25-20(26-19(17)27)24-16-8-5-9-21-11-16;1-12(2)27-11-22-16-17(23-14-6-3-5-13(20)9-14)25-19(26-18(16)27)24-15-7-4-8-21-10-15/h4,6-7,10,12-13,16,21H,5,8-9,11H2,1-3H3,(H2,23,24,25,26);3,5-6,9,11-12,15,21H,4,7-8,10H2,1-2H3,(H2,23,24,25,26)/t16-;15-/m10/s1. The summed E-state index contributed by atoms with van der Waals surface area (Å²) in [5, 5.41) is 21.3. The monoisotopic (exact) mass is 750 g/mol. The van der Waals surface area contributed by atoms with E-state index in [0.29, 0.717) is 34.8 Å². The highest BCUT2D eigenvalue weighted by atomic mass is 35.5. The molecule has 54 heavy (non-hydrogen) atoms. The van der Waals surface area contributed by atoms with Crippen molar-refractivity contribution in [2.24, 2.45) is 0 Å². The van der Waals surface area contributed by atoms with Crippen molar-refractivity contribution in [1.82, 2.24) is 49.7 Å². The van der Waals surface area contributed by atoms with Gasteiger partial charge in [-0.2, -0.15) is 19.9 Å². The van der Waals surface area contributed by atoms with E-state index in [9.17, 15) is 0 Å². The highest BCUT2D eigenvalue weighted by molar-refractivity contribution is 6.30. The van der Waals surface area contributed by atoms with Crippen LogP contribution in [0.2, 0.25) is 5.02 Å². The Morgan fingerprint density at radius 2 is 1.19 bits per heavy atom. The topological polar surface area (TPSA) is 159 Å². The van der Waals surface area contributed by atoms with Gasteiger partial charge in [0.05, 0.1) is 12.7 Å². The molecule has 6 aromatic rings. The van der Waals surface area contributed by atoms with Crippen LogP contribution in [0.4, 0.5) is 34.9 Å². The van der Waals surface area contributed by atoms with Gasteiger partial charge >= 0.3 is 0 Å². The summed E-state index contributed by atoms with van der Waals surface area (Å²) in [4.78, 5) is 28.1. The molecule has 4 aromatic heterocycles. The molecule has 15 heteroatoms. The van der Waals surface area contributed by atoms with Gasteiger partial charge in [0, 0.05) is 53.7 Å². The molecule has 2 atom stereocenters.